The van der Waals surface area contributed by atoms with E-state index in [0.717, 1.165) is 29.9 Å². The maximum Gasteiger partial charge on any atom is 0.338 e. The van der Waals surface area contributed by atoms with Crippen LogP contribution in [0.1, 0.15) is 41.8 Å². The zero-order chi connectivity index (χ0) is 19.1. The third kappa shape index (κ3) is 6.16. The summed E-state index contributed by atoms with van der Waals surface area (Å²) >= 11 is 0. The molecule has 2 aromatic carbocycles. The Labute approximate surface area is 160 Å². The van der Waals surface area contributed by atoms with Crippen LogP contribution in [0.3, 0.4) is 0 Å². The van der Waals surface area contributed by atoms with Crippen LogP contribution in [0.25, 0.3) is 0 Å². The number of epoxide rings is 1. The summed E-state index contributed by atoms with van der Waals surface area (Å²) in [5.41, 5.74) is 2.30. The smallest absolute Gasteiger partial charge is 0.338 e. The van der Waals surface area contributed by atoms with E-state index in [0.29, 0.717) is 24.7 Å². The van der Waals surface area contributed by atoms with E-state index in [1.54, 1.807) is 12.1 Å². The molecular weight excluding hydrogens is 340 g/mol. The molecule has 3 rings (SSSR count). The van der Waals surface area contributed by atoms with Crippen molar-refractivity contribution in [2.75, 3.05) is 19.8 Å². The standard InChI is InChI=1S/C23H24O4/c1-3-17(2)14-27-23(24)20-10-6-18(7-11-20)4-5-19-8-12-21(13-9-19)25-15-22-16-26-22/h6-13,17,22H,3,14-16H2,1-2H3/t17-,22?/m1/s1. The number of benzene rings is 2. The summed E-state index contributed by atoms with van der Waals surface area (Å²) < 4.78 is 16.0. The van der Waals surface area contributed by atoms with Gasteiger partial charge in [0.15, 0.2) is 0 Å². The molecule has 0 aliphatic carbocycles. The minimum atomic E-state index is -0.290. The normalized spacial score (nSPS) is 16.0. The van der Waals surface area contributed by atoms with E-state index in [1.165, 1.54) is 0 Å². The topological polar surface area (TPSA) is 48.1 Å². The molecule has 27 heavy (non-hydrogen) atoms. The maximum absolute atomic E-state index is 12.0. The van der Waals surface area contributed by atoms with Crippen molar-refractivity contribution in [3.05, 3.63) is 65.2 Å². The lowest BCUT2D eigenvalue weighted by molar-refractivity contribution is 0.0447. The Morgan fingerprint density at radius 3 is 2.26 bits per heavy atom. The van der Waals surface area contributed by atoms with E-state index in [4.69, 9.17) is 14.2 Å². The Morgan fingerprint density at radius 1 is 1.11 bits per heavy atom. The summed E-state index contributed by atoms with van der Waals surface area (Å²) in [6, 6.07) is 14.8. The predicted molar refractivity (Wildman–Crippen MR) is 104 cm³/mol. The van der Waals surface area contributed by atoms with Gasteiger partial charge in [0, 0.05) is 11.1 Å². The van der Waals surface area contributed by atoms with Crippen LogP contribution in [-0.4, -0.2) is 31.9 Å². The molecule has 1 unspecified atom stereocenters. The molecule has 0 spiro atoms. The lowest BCUT2D eigenvalue weighted by Crippen LogP contribution is -2.11. The zero-order valence-electron chi connectivity index (χ0n) is 15.7. The number of rotatable bonds is 7. The van der Waals surface area contributed by atoms with Crippen molar-refractivity contribution in [3.8, 4) is 17.6 Å². The zero-order valence-corrected chi connectivity index (χ0v) is 15.7. The molecule has 0 N–H and O–H groups in total. The molecule has 4 heteroatoms. The molecule has 0 bridgehead atoms. The first-order valence-corrected chi connectivity index (χ1v) is 9.27. The van der Waals surface area contributed by atoms with Gasteiger partial charge in [-0.15, -0.1) is 0 Å². The molecule has 140 valence electrons. The van der Waals surface area contributed by atoms with Crippen molar-refractivity contribution in [1.82, 2.24) is 0 Å². The van der Waals surface area contributed by atoms with Crippen LogP contribution >= 0.6 is 0 Å². The fourth-order valence-corrected chi connectivity index (χ4v) is 2.24. The highest BCUT2D eigenvalue weighted by Crippen LogP contribution is 2.15. The Balaban J connectivity index is 1.54. The lowest BCUT2D eigenvalue weighted by Gasteiger charge is -2.09. The highest BCUT2D eigenvalue weighted by atomic mass is 16.6. The molecule has 0 amide bonds. The summed E-state index contributed by atoms with van der Waals surface area (Å²) in [7, 11) is 0. The average Bonchev–Trinajstić information content (AvgIpc) is 3.54. The van der Waals surface area contributed by atoms with Gasteiger partial charge in [-0.25, -0.2) is 4.79 Å². The van der Waals surface area contributed by atoms with E-state index < -0.39 is 0 Å². The molecule has 4 nitrogen and oxygen atoms in total. The Hall–Kier alpha value is -2.77. The van der Waals surface area contributed by atoms with Gasteiger partial charge < -0.3 is 14.2 Å². The van der Waals surface area contributed by atoms with Crippen molar-refractivity contribution in [2.24, 2.45) is 5.92 Å². The molecule has 1 fully saturated rings. The highest BCUT2D eigenvalue weighted by molar-refractivity contribution is 5.89. The second kappa shape index (κ2) is 9.25. The minimum Gasteiger partial charge on any atom is -0.491 e. The van der Waals surface area contributed by atoms with Crippen LogP contribution in [-0.2, 0) is 9.47 Å². The summed E-state index contributed by atoms with van der Waals surface area (Å²) in [4.78, 5) is 12.0. The quantitative estimate of drug-likeness (QED) is 0.422. The lowest BCUT2D eigenvalue weighted by atomic mass is 10.1. The Bertz CT molecular complexity index is 808. The minimum absolute atomic E-state index is 0.250. The number of carbonyl (C=O) groups excluding carboxylic acids is 1. The molecule has 2 aromatic rings. The van der Waals surface area contributed by atoms with Crippen LogP contribution in [0.5, 0.6) is 5.75 Å². The van der Waals surface area contributed by atoms with Crippen LogP contribution in [0.2, 0.25) is 0 Å². The van der Waals surface area contributed by atoms with Gasteiger partial charge in [0.05, 0.1) is 18.8 Å². The fraction of sp³-hybridized carbons (Fsp3) is 0.348. The fourth-order valence-electron chi connectivity index (χ4n) is 2.24. The first-order chi connectivity index (χ1) is 13.1. The SMILES string of the molecule is CC[C@@H](C)COC(=O)c1ccc(C#Cc2ccc(OCC3CO3)cc2)cc1. The molecule has 0 saturated carbocycles. The highest BCUT2D eigenvalue weighted by Gasteiger charge is 2.22. The van der Waals surface area contributed by atoms with Crippen LogP contribution < -0.4 is 4.74 Å². The number of hydrogen-bond donors (Lipinski definition) is 0. The van der Waals surface area contributed by atoms with Crippen LogP contribution in [0.4, 0.5) is 0 Å². The Morgan fingerprint density at radius 2 is 1.70 bits per heavy atom. The van der Waals surface area contributed by atoms with E-state index >= 15 is 0 Å². The van der Waals surface area contributed by atoms with E-state index in [2.05, 4.69) is 25.7 Å². The molecule has 0 radical (unpaired) electrons. The van der Waals surface area contributed by atoms with Gasteiger partial charge in [-0.1, -0.05) is 32.1 Å². The second-order valence-corrected chi connectivity index (χ2v) is 6.73. The van der Waals surface area contributed by atoms with Gasteiger partial charge in [0.25, 0.3) is 0 Å². The Kier molecular flexibility index (Phi) is 6.51. The summed E-state index contributed by atoms with van der Waals surface area (Å²) in [6.45, 7) is 5.97. The van der Waals surface area contributed by atoms with E-state index in [-0.39, 0.29) is 12.1 Å². The molecule has 1 heterocycles. The van der Waals surface area contributed by atoms with Gasteiger partial charge in [-0.2, -0.15) is 0 Å². The van der Waals surface area contributed by atoms with Gasteiger partial charge in [0.1, 0.15) is 18.5 Å². The summed E-state index contributed by atoms with van der Waals surface area (Å²) in [5, 5.41) is 0. The van der Waals surface area contributed by atoms with Gasteiger partial charge in [-0.05, 0) is 54.4 Å². The van der Waals surface area contributed by atoms with Gasteiger partial charge >= 0.3 is 5.97 Å². The van der Waals surface area contributed by atoms with Crippen molar-refractivity contribution in [3.63, 3.8) is 0 Å². The van der Waals surface area contributed by atoms with Crippen molar-refractivity contribution >= 4 is 5.97 Å². The summed E-state index contributed by atoms with van der Waals surface area (Å²) in [5.74, 6) is 7.12. The van der Waals surface area contributed by atoms with Crippen LogP contribution in [0, 0.1) is 17.8 Å². The first-order valence-electron chi connectivity index (χ1n) is 9.27. The number of ether oxygens (including phenoxy) is 3. The first kappa shape index (κ1) is 19.0. The third-order valence-electron chi connectivity index (χ3n) is 4.36. The molecule has 1 aliphatic rings. The van der Waals surface area contributed by atoms with Crippen molar-refractivity contribution < 1.29 is 19.0 Å². The van der Waals surface area contributed by atoms with Crippen molar-refractivity contribution in [1.29, 1.82) is 0 Å². The van der Waals surface area contributed by atoms with Gasteiger partial charge in [0.2, 0.25) is 0 Å². The predicted octanol–water partition coefficient (Wildman–Crippen LogP) is 4.07. The second-order valence-electron chi connectivity index (χ2n) is 6.73. The number of hydrogen-bond acceptors (Lipinski definition) is 4. The molecular formula is C23H24O4. The number of esters is 1. The molecule has 0 aromatic heterocycles. The van der Waals surface area contributed by atoms with Gasteiger partial charge in [-0.3, -0.25) is 0 Å². The monoisotopic (exact) mass is 364 g/mol. The van der Waals surface area contributed by atoms with E-state index in [9.17, 15) is 4.79 Å². The van der Waals surface area contributed by atoms with Crippen molar-refractivity contribution in [2.45, 2.75) is 26.4 Å². The molecule has 1 saturated heterocycles. The third-order valence-corrected chi connectivity index (χ3v) is 4.36. The average molecular weight is 364 g/mol. The largest absolute Gasteiger partial charge is 0.491 e. The van der Waals surface area contributed by atoms with E-state index in [1.807, 2.05) is 36.4 Å². The number of carbonyl (C=O) groups is 1. The maximum atomic E-state index is 12.0. The molecule has 1 aliphatic heterocycles. The molecule has 2 atom stereocenters. The van der Waals surface area contributed by atoms with Crippen LogP contribution in [0.15, 0.2) is 48.5 Å². The summed E-state index contributed by atoms with van der Waals surface area (Å²) in [6.07, 6.45) is 1.24.